The van der Waals surface area contributed by atoms with Crippen molar-refractivity contribution in [3.05, 3.63) is 65.2 Å². The van der Waals surface area contributed by atoms with Gasteiger partial charge in [-0.25, -0.2) is 0 Å². The molecule has 0 aliphatic rings. The average Bonchev–Trinajstić information content (AvgIpc) is 2.46. The first kappa shape index (κ1) is 15.1. The Morgan fingerprint density at radius 2 is 1.65 bits per heavy atom. The van der Waals surface area contributed by atoms with Crippen LogP contribution in [0.4, 0.5) is 0 Å². The highest BCUT2D eigenvalue weighted by Crippen LogP contribution is 2.19. The molecular formula is C14H12ClNO2S2. The lowest BCUT2D eigenvalue weighted by Gasteiger charge is -2.04. The molecule has 0 aliphatic heterocycles. The summed E-state index contributed by atoms with van der Waals surface area (Å²) in [5.74, 6) is 0. The molecule has 2 aromatic carbocycles. The molecule has 0 amide bonds. The topological polar surface area (TPSA) is 46.5 Å². The summed E-state index contributed by atoms with van der Waals surface area (Å²) in [7, 11) is -3.73. The number of thioether (sulfide) groups is 1. The Balaban J connectivity index is 2.43. The Bertz CT molecular complexity index is 711. The fraction of sp³-hybridized carbons (Fsp3) is 0.0714. The van der Waals surface area contributed by atoms with Crippen LogP contribution in [0.2, 0.25) is 5.02 Å². The standard InChI is InChI=1S/C14H12ClNO2S2/c1-19-14(11-5-3-2-4-6-11)16-20(17,18)13-9-7-12(15)8-10-13/h2-10H,1H3/b16-14-. The van der Waals surface area contributed by atoms with Crippen molar-refractivity contribution in [2.75, 3.05) is 6.26 Å². The van der Waals surface area contributed by atoms with Gasteiger partial charge in [-0.1, -0.05) is 41.9 Å². The predicted molar refractivity (Wildman–Crippen MR) is 85.1 cm³/mol. The van der Waals surface area contributed by atoms with E-state index in [0.717, 1.165) is 5.56 Å². The van der Waals surface area contributed by atoms with Crippen LogP contribution < -0.4 is 0 Å². The van der Waals surface area contributed by atoms with Gasteiger partial charge in [-0.3, -0.25) is 0 Å². The molecule has 0 atom stereocenters. The van der Waals surface area contributed by atoms with Crippen LogP contribution in [-0.2, 0) is 10.0 Å². The normalized spacial score (nSPS) is 12.4. The highest BCUT2D eigenvalue weighted by atomic mass is 35.5. The average molecular weight is 326 g/mol. The van der Waals surface area contributed by atoms with Gasteiger partial charge in [-0.05, 0) is 30.5 Å². The zero-order valence-electron chi connectivity index (χ0n) is 10.7. The van der Waals surface area contributed by atoms with E-state index >= 15 is 0 Å². The monoisotopic (exact) mass is 325 g/mol. The zero-order chi connectivity index (χ0) is 14.6. The second-order valence-electron chi connectivity index (χ2n) is 3.90. The third-order valence-electron chi connectivity index (χ3n) is 2.53. The second kappa shape index (κ2) is 6.43. The first-order chi connectivity index (χ1) is 9.53. The Morgan fingerprint density at radius 1 is 1.05 bits per heavy atom. The van der Waals surface area contributed by atoms with Crippen LogP contribution >= 0.6 is 23.4 Å². The maximum Gasteiger partial charge on any atom is 0.283 e. The van der Waals surface area contributed by atoms with Gasteiger partial charge in [0.25, 0.3) is 10.0 Å². The van der Waals surface area contributed by atoms with Crippen molar-refractivity contribution in [1.29, 1.82) is 0 Å². The van der Waals surface area contributed by atoms with Gasteiger partial charge in [0.2, 0.25) is 0 Å². The summed E-state index contributed by atoms with van der Waals surface area (Å²) in [6.07, 6.45) is 1.79. The van der Waals surface area contributed by atoms with Crippen LogP contribution in [-0.4, -0.2) is 19.7 Å². The minimum absolute atomic E-state index is 0.129. The summed E-state index contributed by atoms with van der Waals surface area (Å²) in [5, 5.41) is 0.946. The van der Waals surface area contributed by atoms with Crippen molar-refractivity contribution in [3.63, 3.8) is 0 Å². The smallest absolute Gasteiger partial charge is 0.199 e. The van der Waals surface area contributed by atoms with Crippen molar-refractivity contribution in [2.24, 2.45) is 4.40 Å². The Labute approximate surface area is 127 Å². The van der Waals surface area contributed by atoms with Gasteiger partial charge >= 0.3 is 0 Å². The summed E-state index contributed by atoms with van der Waals surface area (Å²) in [6.45, 7) is 0. The SMILES string of the molecule is CS/C(=N\S(=O)(=O)c1ccc(Cl)cc1)c1ccccc1. The largest absolute Gasteiger partial charge is 0.283 e. The lowest BCUT2D eigenvalue weighted by Crippen LogP contribution is -2.03. The number of sulfonamides is 1. The number of rotatable bonds is 3. The number of nitrogens with zero attached hydrogens (tertiary/aromatic N) is 1. The van der Waals surface area contributed by atoms with Crippen molar-refractivity contribution < 1.29 is 8.42 Å². The third kappa shape index (κ3) is 3.62. The Morgan fingerprint density at radius 3 is 2.20 bits per heavy atom. The zero-order valence-corrected chi connectivity index (χ0v) is 13.0. The van der Waals surface area contributed by atoms with E-state index in [2.05, 4.69) is 4.40 Å². The van der Waals surface area contributed by atoms with E-state index in [0.29, 0.717) is 10.1 Å². The number of hydrogen-bond acceptors (Lipinski definition) is 3. The minimum Gasteiger partial charge on any atom is -0.199 e. The number of halogens is 1. The molecule has 0 radical (unpaired) electrons. The quantitative estimate of drug-likeness (QED) is 0.636. The fourth-order valence-corrected chi connectivity index (χ4v) is 3.56. The maximum absolute atomic E-state index is 12.2. The summed E-state index contributed by atoms with van der Waals surface area (Å²) >= 11 is 7.05. The van der Waals surface area contributed by atoms with Gasteiger partial charge in [0.1, 0.15) is 5.04 Å². The predicted octanol–water partition coefficient (Wildman–Crippen LogP) is 3.84. The van der Waals surface area contributed by atoms with E-state index in [-0.39, 0.29) is 4.90 Å². The van der Waals surface area contributed by atoms with Gasteiger partial charge in [-0.15, -0.1) is 11.8 Å². The molecule has 0 aliphatic carbocycles. The summed E-state index contributed by atoms with van der Waals surface area (Å²) < 4.78 is 28.4. The molecule has 0 fully saturated rings. The van der Waals surface area contributed by atoms with Gasteiger partial charge in [-0.2, -0.15) is 12.8 Å². The van der Waals surface area contributed by atoms with E-state index in [4.69, 9.17) is 11.6 Å². The van der Waals surface area contributed by atoms with Crippen molar-refractivity contribution in [2.45, 2.75) is 4.90 Å². The van der Waals surface area contributed by atoms with Gasteiger partial charge in [0, 0.05) is 10.6 Å². The molecule has 2 aromatic rings. The molecule has 0 bridgehead atoms. The summed E-state index contributed by atoms with van der Waals surface area (Å²) in [5.41, 5.74) is 0.775. The molecule has 0 saturated heterocycles. The van der Waals surface area contributed by atoms with Gasteiger partial charge in [0.15, 0.2) is 0 Å². The lowest BCUT2D eigenvalue weighted by molar-refractivity contribution is 0.598. The summed E-state index contributed by atoms with van der Waals surface area (Å²) in [4.78, 5) is 0.129. The fourth-order valence-electron chi connectivity index (χ4n) is 1.56. The molecule has 0 aromatic heterocycles. The van der Waals surface area contributed by atoms with E-state index in [1.807, 2.05) is 30.3 Å². The molecule has 104 valence electrons. The molecule has 0 heterocycles. The highest BCUT2D eigenvalue weighted by molar-refractivity contribution is 8.14. The van der Waals surface area contributed by atoms with Crippen molar-refractivity contribution in [3.8, 4) is 0 Å². The number of benzene rings is 2. The molecule has 0 saturated carbocycles. The molecular weight excluding hydrogens is 314 g/mol. The van der Waals surface area contributed by atoms with Gasteiger partial charge < -0.3 is 0 Å². The van der Waals surface area contributed by atoms with E-state index in [9.17, 15) is 8.42 Å². The van der Waals surface area contributed by atoms with Crippen LogP contribution in [0.3, 0.4) is 0 Å². The lowest BCUT2D eigenvalue weighted by atomic mass is 10.2. The van der Waals surface area contributed by atoms with Crippen molar-refractivity contribution in [1.82, 2.24) is 0 Å². The highest BCUT2D eigenvalue weighted by Gasteiger charge is 2.14. The molecule has 3 nitrogen and oxygen atoms in total. The second-order valence-corrected chi connectivity index (χ2v) is 6.73. The molecule has 0 unspecified atom stereocenters. The van der Waals surface area contributed by atoms with E-state index < -0.39 is 10.0 Å². The molecule has 0 spiro atoms. The molecule has 20 heavy (non-hydrogen) atoms. The Kier molecular flexibility index (Phi) is 4.86. The van der Waals surface area contributed by atoms with E-state index in [1.54, 1.807) is 6.26 Å². The number of hydrogen-bond donors (Lipinski definition) is 0. The Hall–Kier alpha value is -1.30. The minimum atomic E-state index is -3.73. The van der Waals surface area contributed by atoms with Crippen LogP contribution in [0.5, 0.6) is 0 Å². The maximum atomic E-state index is 12.2. The van der Waals surface area contributed by atoms with Crippen LogP contribution in [0.15, 0.2) is 63.9 Å². The summed E-state index contributed by atoms with van der Waals surface area (Å²) in [6, 6.07) is 15.2. The molecule has 6 heteroatoms. The third-order valence-corrected chi connectivity index (χ3v) is 4.90. The first-order valence-electron chi connectivity index (χ1n) is 5.73. The van der Waals surface area contributed by atoms with Crippen LogP contribution in [0.1, 0.15) is 5.56 Å². The molecule has 2 rings (SSSR count). The van der Waals surface area contributed by atoms with Crippen LogP contribution in [0.25, 0.3) is 0 Å². The first-order valence-corrected chi connectivity index (χ1v) is 8.77. The molecule has 0 N–H and O–H groups in total. The van der Waals surface area contributed by atoms with Crippen LogP contribution in [0, 0.1) is 0 Å². The van der Waals surface area contributed by atoms with Crippen molar-refractivity contribution >= 4 is 38.4 Å². The van der Waals surface area contributed by atoms with Gasteiger partial charge in [0.05, 0.1) is 4.90 Å². The van der Waals surface area contributed by atoms with E-state index in [1.165, 1.54) is 36.0 Å².